The number of nitrogens with zero attached hydrogens (tertiary/aromatic N) is 3. The first-order valence-corrected chi connectivity index (χ1v) is 10.4. The van der Waals surface area contributed by atoms with E-state index in [1.165, 1.54) is 61.2 Å². The molecule has 0 atom stereocenters. The molecule has 1 amide bonds. The van der Waals surface area contributed by atoms with Crippen molar-refractivity contribution in [2.24, 2.45) is 0 Å². The van der Waals surface area contributed by atoms with Crippen LogP contribution in [0.2, 0.25) is 0 Å². The number of nitrogens with one attached hydrogen (secondary N) is 1. The molecule has 11 nitrogen and oxygen atoms in total. The molecule has 3 rings (SSSR count). The maximum Gasteiger partial charge on any atom is 0.344 e. The number of aromatic nitrogens is 2. The van der Waals surface area contributed by atoms with Crippen LogP contribution in [-0.2, 0) is 10.5 Å². The second-order valence-electron chi connectivity index (χ2n) is 6.01. The molecule has 31 heavy (non-hydrogen) atoms. The SMILES string of the molecule is CC(=O)Nc1nnc(SCc2cc(=O)c(OC(=O)c3cccc([N+](=O)[O-])c3C)co2)s1. The van der Waals surface area contributed by atoms with Crippen LogP contribution in [0.25, 0.3) is 0 Å². The van der Waals surface area contributed by atoms with Crippen LogP contribution in [0.1, 0.15) is 28.6 Å². The third-order valence-electron chi connectivity index (χ3n) is 3.80. The number of thioether (sulfide) groups is 1. The lowest BCUT2D eigenvalue weighted by Crippen LogP contribution is -2.16. The lowest BCUT2D eigenvalue weighted by atomic mass is 10.1. The molecule has 3 aromatic rings. The summed E-state index contributed by atoms with van der Waals surface area (Å²) in [4.78, 5) is 46.1. The fourth-order valence-electron chi connectivity index (χ4n) is 2.39. The zero-order valence-electron chi connectivity index (χ0n) is 16.1. The van der Waals surface area contributed by atoms with Gasteiger partial charge in [0.2, 0.25) is 22.2 Å². The lowest BCUT2D eigenvalue weighted by Gasteiger charge is -2.07. The minimum atomic E-state index is -0.907. The van der Waals surface area contributed by atoms with Gasteiger partial charge in [0.05, 0.1) is 16.2 Å². The molecule has 0 saturated heterocycles. The van der Waals surface area contributed by atoms with E-state index in [1.807, 2.05) is 0 Å². The number of carbonyl (C=O) groups excluding carboxylic acids is 2. The second-order valence-corrected chi connectivity index (χ2v) is 8.21. The molecule has 0 aliphatic carbocycles. The number of ether oxygens (including phenoxy) is 1. The molecule has 0 spiro atoms. The Balaban J connectivity index is 1.67. The minimum Gasteiger partial charge on any atom is -0.464 e. The van der Waals surface area contributed by atoms with Gasteiger partial charge in [0.15, 0.2) is 4.34 Å². The Kier molecular flexibility index (Phi) is 6.77. The number of hydrogen-bond acceptors (Lipinski definition) is 11. The molecule has 0 aliphatic heterocycles. The predicted molar refractivity (Wildman–Crippen MR) is 112 cm³/mol. The first-order chi connectivity index (χ1) is 14.7. The maximum absolute atomic E-state index is 12.4. The summed E-state index contributed by atoms with van der Waals surface area (Å²) in [5.74, 6) is -0.951. The fourth-order valence-corrected chi connectivity index (χ4v) is 4.08. The molecule has 0 unspecified atom stereocenters. The zero-order valence-corrected chi connectivity index (χ0v) is 17.7. The lowest BCUT2D eigenvalue weighted by molar-refractivity contribution is -0.385. The zero-order chi connectivity index (χ0) is 22.5. The van der Waals surface area contributed by atoms with E-state index in [9.17, 15) is 24.5 Å². The Labute approximate surface area is 182 Å². The number of nitro groups is 1. The van der Waals surface area contributed by atoms with E-state index in [2.05, 4.69) is 15.5 Å². The van der Waals surface area contributed by atoms with Gasteiger partial charge < -0.3 is 14.5 Å². The molecule has 0 radical (unpaired) electrons. The van der Waals surface area contributed by atoms with E-state index < -0.39 is 16.3 Å². The van der Waals surface area contributed by atoms with Gasteiger partial charge in [-0.1, -0.05) is 29.2 Å². The normalized spacial score (nSPS) is 10.5. The Morgan fingerprint density at radius 1 is 1.35 bits per heavy atom. The van der Waals surface area contributed by atoms with Crippen LogP contribution in [0.5, 0.6) is 5.75 Å². The van der Waals surface area contributed by atoms with Gasteiger partial charge in [-0.25, -0.2) is 4.79 Å². The fraction of sp³-hybridized carbons (Fsp3) is 0.167. The summed E-state index contributed by atoms with van der Waals surface area (Å²) >= 11 is 2.41. The van der Waals surface area contributed by atoms with Crippen molar-refractivity contribution < 1.29 is 23.7 Å². The van der Waals surface area contributed by atoms with E-state index in [0.717, 1.165) is 6.26 Å². The van der Waals surface area contributed by atoms with Gasteiger partial charge in [0.1, 0.15) is 12.0 Å². The summed E-state index contributed by atoms with van der Waals surface area (Å²) in [7, 11) is 0. The number of esters is 1. The van der Waals surface area contributed by atoms with Crippen LogP contribution in [0, 0.1) is 17.0 Å². The van der Waals surface area contributed by atoms with Gasteiger partial charge in [-0.05, 0) is 13.0 Å². The molecule has 0 fully saturated rings. The summed E-state index contributed by atoms with van der Waals surface area (Å²) < 4.78 is 11.0. The smallest absolute Gasteiger partial charge is 0.344 e. The first-order valence-electron chi connectivity index (χ1n) is 8.56. The van der Waals surface area contributed by atoms with Crippen LogP contribution in [0.4, 0.5) is 10.8 Å². The molecule has 0 saturated carbocycles. The topological polar surface area (TPSA) is 155 Å². The average molecular weight is 462 g/mol. The van der Waals surface area contributed by atoms with E-state index in [-0.39, 0.29) is 34.2 Å². The van der Waals surface area contributed by atoms with Crippen molar-refractivity contribution in [2.75, 3.05) is 5.32 Å². The molecule has 2 heterocycles. The largest absolute Gasteiger partial charge is 0.464 e. The number of carbonyl (C=O) groups is 2. The molecule has 160 valence electrons. The Morgan fingerprint density at radius 2 is 2.13 bits per heavy atom. The van der Waals surface area contributed by atoms with Gasteiger partial charge in [-0.15, -0.1) is 10.2 Å². The number of amides is 1. The van der Waals surface area contributed by atoms with E-state index >= 15 is 0 Å². The predicted octanol–water partition coefficient (Wildman–Crippen LogP) is 3.18. The summed E-state index contributed by atoms with van der Waals surface area (Å²) in [5.41, 5.74) is -0.716. The third-order valence-corrected chi connectivity index (χ3v) is 5.80. The highest BCUT2D eigenvalue weighted by Gasteiger charge is 2.20. The van der Waals surface area contributed by atoms with Gasteiger partial charge in [-0.3, -0.25) is 19.7 Å². The van der Waals surface area contributed by atoms with Crippen LogP contribution >= 0.6 is 23.1 Å². The van der Waals surface area contributed by atoms with Crippen molar-refractivity contribution >= 4 is 45.8 Å². The molecular weight excluding hydrogens is 448 g/mol. The Bertz CT molecular complexity index is 1220. The van der Waals surface area contributed by atoms with Crippen molar-refractivity contribution in [3.05, 3.63) is 67.8 Å². The summed E-state index contributed by atoms with van der Waals surface area (Å²) in [5, 5.41) is 21.6. The van der Waals surface area contributed by atoms with Crippen molar-refractivity contribution in [3.63, 3.8) is 0 Å². The third kappa shape index (κ3) is 5.52. The van der Waals surface area contributed by atoms with Crippen molar-refractivity contribution in [1.82, 2.24) is 10.2 Å². The standard InChI is InChI=1S/C18H14N4O7S2/c1-9-12(4-3-5-13(9)22(26)27)16(25)29-15-7-28-11(6-14(15)24)8-30-18-21-20-17(31-18)19-10(2)23/h3-7H,8H2,1-2H3,(H,19,20,23). The molecule has 1 aromatic carbocycles. The van der Waals surface area contributed by atoms with Gasteiger partial charge in [0.25, 0.3) is 5.69 Å². The summed E-state index contributed by atoms with van der Waals surface area (Å²) in [6.07, 6.45) is 1.01. The van der Waals surface area contributed by atoms with E-state index in [4.69, 9.17) is 9.15 Å². The van der Waals surface area contributed by atoms with E-state index in [0.29, 0.717) is 15.2 Å². The monoisotopic (exact) mass is 462 g/mol. The molecule has 13 heteroatoms. The molecule has 2 aromatic heterocycles. The quantitative estimate of drug-likeness (QED) is 0.182. The highest BCUT2D eigenvalue weighted by molar-refractivity contribution is 8.00. The molecular formula is C18H14N4O7S2. The summed E-state index contributed by atoms with van der Waals surface area (Å²) in [6, 6.07) is 5.17. The van der Waals surface area contributed by atoms with Crippen LogP contribution in [0.15, 0.2) is 44.1 Å². The van der Waals surface area contributed by atoms with Crippen LogP contribution in [0.3, 0.4) is 0 Å². The number of rotatable bonds is 7. The summed E-state index contributed by atoms with van der Waals surface area (Å²) in [6.45, 7) is 2.78. The highest BCUT2D eigenvalue weighted by Crippen LogP contribution is 2.28. The van der Waals surface area contributed by atoms with Gasteiger partial charge in [-0.2, -0.15) is 0 Å². The van der Waals surface area contributed by atoms with Crippen LogP contribution < -0.4 is 15.5 Å². The Hall–Kier alpha value is -3.58. The number of benzene rings is 1. The van der Waals surface area contributed by atoms with Crippen molar-refractivity contribution in [2.45, 2.75) is 23.9 Å². The maximum atomic E-state index is 12.4. The second kappa shape index (κ2) is 9.49. The molecule has 1 N–H and O–H groups in total. The number of hydrogen-bond donors (Lipinski definition) is 1. The first kappa shape index (κ1) is 22.1. The molecule has 0 bridgehead atoms. The molecule has 0 aliphatic rings. The van der Waals surface area contributed by atoms with Crippen molar-refractivity contribution in [1.29, 1.82) is 0 Å². The van der Waals surface area contributed by atoms with Crippen LogP contribution in [-0.4, -0.2) is 27.0 Å². The number of nitro benzene ring substituents is 1. The Morgan fingerprint density at radius 3 is 2.81 bits per heavy atom. The minimum absolute atomic E-state index is 0.0283. The van der Waals surface area contributed by atoms with Gasteiger partial charge >= 0.3 is 5.97 Å². The van der Waals surface area contributed by atoms with Crippen molar-refractivity contribution in [3.8, 4) is 5.75 Å². The number of anilines is 1. The van der Waals surface area contributed by atoms with Gasteiger partial charge in [0, 0.05) is 24.6 Å². The highest BCUT2D eigenvalue weighted by atomic mass is 32.2. The van der Waals surface area contributed by atoms with E-state index in [1.54, 1.807) is 0 Å². The average Bonchev–Trinajstić information content (AvgIpc) is 3.14.